The Morgan fingerprint density at radius 3 is 2.94 bits per heavy atom. The summed E-state index contributed by atoms with van der Waals surface area (Å²) >= 11 is 6.16. The first-order valence-corrected chi connectivity index (χ1v) is 6.23. The standard InChI is InChI=1S/C13H17ClO3/c1-8(14)12-10-5-6-11(15)13(16-2)9(10)4-3-7-17-12/h5-6,8,12,15H,3-4,7H2,1-2H3. The third-order valence-electron chi connectivity index (χ3n) is 3.07. The van der Waals surface area contributed by atoms with Crippen LogP contribution < -0.4 is 4.74 Å². The highest BCUT2D eigenvalue weighted by Gasteiger charge is 2.26. The van der Waals surface area contributed by atoms with Crippen LogP contribution in [0.3, 0.4) is 0 Å². The highest BCUT2D eigenvalue weighted by Crippen LogP contribution is 2.40. The number of benzene rings is 1. The van der Waals surface area contributed by atoms with Gasteiger partial charge in [-0.3, -0.25) is 0 Å². The topological polar surface area (TPSA) is 38.7 Å². The van der Waals surface area contributed by atoms with Crippen molar-refractivity contribution < 1.29 is 14.6 Å². The summed E-state index contributed by atoms with van der Waals surface area (Å²) in [4.78, 5) is 0. The Bertz CT molecular complexity index is 404. The molecule has 1 aromatic rings. The van der Waals surface area contributed by atoms with Gasteiger partial charge in [-0.25, -0.2) is 0 Å². The molecule has 0 saturated carbocycles. The van der Waals surface area contributed by atoms with Crippen molar-refractivity contribution in [2.75, 3.05) is 13.7 Å². The molecular weight excluding hydrogens is 240 g/mol. The molecule has 1 heterocycles. The number of halogens is 1. The molecule has 2 rings (SSSR count). The van der Waals surface area contributed by atoms with Gasteiger partial charge in [0.25, 0.3) is 0 Å². The minimum Gasteiger partial charge on any atom is -0.504 e. The number of methoxy groups -OCH3 is 1. The van der Waals surface area contributed by atoms with Crippen LogP contribution in [0.5, 0.6) is 11.5 Å². The van der Waals surface area contributed by atoms with Gasteiger partial charge >= 0.3 is 0 Å². The Morgan fingerprint density at radius 2 is 2.29 bits per heavy atom. The smallest absolute Gasteiger partial charge is 0.164 e. The molecule has 0 spiro atoms. The van der Waals surface area contributed by atoms with E-state index in [-0.39, 0.29) is 17.2 Å². The van der Waals surface area contributed by atoms with Gasteiger partial charge in [0, 0.05) is 12.2 Å². The molecule has 0 aromatic heterocycles. The van der Waals surface area contributed by atoms with Crippen molar-refractivity contribution in [1.29, 1.82) is 0 Å². The van der Waals surface area contributed by atoms with Gasteiger partial charge in [-0.2, -0.15) is 0 Å². The summed E-state index contributed by atoms with van der Waals surface area (Å²) in [7, 11) is 1.57. The summed E-state index contributed by atoms with van der Waals surface area (Å²) in [6.07, 6.45) is 1.61. The molecule has 3 nitrogen and oxygen atoms in total. The Morgan fingerprint density at radius 1 is 1.53 bits per heavy atom. The van der Waals surface area contributed by atoms with Crippen LogP contribution in [0.4, 0.5) is 0 Å². The monoisotopic (exact) mass is 256 g/mol. The van der Waals surface area contributed by atoms with E-state index in [0.29, 0.717) is 12.4 Å². The van der Waals surface area contributed by atoms with Crippen LogP contribution in [-0.4, -0.2) is 24.2 Å². The van der Waals surface area contributed by atoms with Gasteiger partial charge in [0.1, 0.15) is 0 Å². The molecule has 0 bridgehead atoms. The van der Waals surface area contributed by atoms with E-state index in [4.69, 9.17) is 21.1 Å². The Labute approximate surface area is 106 Å². The summed E-state index contributed by atoms with van der Waals surface area (Å²) in [6, 6.07) is 3.51. The quantitative estimate of drug-likeness (QED) is 0.827. The van der Waals surface area contributed by atoms with Gasteiger partial charge in [0.05, 0.1) is 18.6 Å². The third kappa shape index (κ3) is 2.35. The van der Waals surface area contributed by atoms with E-state index in [1.807, 2.05) is 13.0 Å². The van der Waals surface area contributed by atoms with E-state index < -0.39 is 0 Å². The van der Waals surface area contributed by atoms with Gasteiger partial charge in [0.2, 0.25) is 0 Å². The van der Waals surface area contributed by atoms with E-state index >= 15 is 0 Å². The van der Waals surface area contributed by atoms with Gasteiger partial charge in [-0.15, -0.1) is 11.6 Å². The maximum Gasteiger partial charge on any atom is 0.164 e. The fourth-order valence-corrected chi connectivity index (χ4v) is 2.52. The van der Waals surface area contributed by atoms with Gasteiger partial charge in [-0.1, -0.05) is 6.07 Å². The Kier molecular flexibility index (Phi) is 3.79. The average molecular weight is 257 g/mol. The van der Waals surface area contributed by atoms with Gasteiger partial charge in [-0.05, 0) is 31.4 Å². The van der Waals surface area contributed by atoms with Crippen LogP contribution in [0.25, 0.3) is 0 Å². The van der Waals surface area contributed by atoms with E-state index in [9.17, 15) is 5.11 Å². The molecule has 17 heavy (non-hydrogen) atoms. The van der Waals surface area contributed by atoms with E-state index in [1.165, 1.54) is 0 Å². The third-order valence-corrected chi connectivity index (χ3v) is 3.30. The minimum absolute atomic E-state index is 0.110. The number of phenols is 1. The molecular formula is C13H17ClO3. The molecule has 0 radical (unpaired) electrons. The fourth-order valence-electron chi connectivity index (χ4n) is 2.31. The van der Waals surface area contributed by atoms with Crippen LogP contribution in [-0.2, 0) is 11.2 Å². The molecule has 0 amide bonds. The number of rotatable bonds is 2. The van der Waals surface area contributed by atoms with E-state index in [0.717, 1.165) is 24.0 Å². The normalized spacial score (nSPS) is 21.5. The van der Waals surface area contributed by atoms with Crippen LogP contribution in [0, 0.1) is 0 Å². The first-order valence-electron chi connectivity index (χ1n) is 5.79. The van der Waals surface area contributed by atoms with Gasteiger partial charge in [0.15, 0.2) is 11.5 Å². The molecule has 1 aromatic carbocycles. The van der Waals surface area contributed by atoms with Crippen LogP contribution in [0.1, 0.15) is 30.6 Å². The summed E-state index contributed by atoms with van der Waals surface area (Å²) in [5, 5.41) is 9.67. The van der Waals surface area contributed by atoms with Crippen molar-refractivity contribution in [2.24, 2.45) is 0 Å². The zero-order chi connectivity index (χ0) is 12.4. The fraction of sp³-hybridized carbons (Fsp3) is 0.538. The number of fused-ring (bicyclic) bond motifs is 1. The predicted molar refractivity (Wildman–Crippen MR) is 67.0 cm³/mol. The first-order chi connectivity index (χ1) is 8.15. The zero-order valence-electron chi connectivity index (χ0n) is 10.1. The maximum atomic E-state index is 9.78. The molecule has 2 unspecified atom stereocenters. The molecule has 0 aliphatic carbocycles. The van der Waals surface area contributed by atoms with Crippen molar-refractivity contribution in [3.8, 4) is 11.5 Å². The van der Waals surface area contributed by atoms with Crippen LogP contribution in [0.15, 0.2) is 12.1 Å². The number of alkyl halides is 1. The summed E-state index contributed by atoms with van der Waals surface area (Å²) in [5.41, 5.74) is 2.04. The lowest BCUT2D eigenvalue weighted by Crippen LogP contribution is -2.13. The number of hydrogen-bond donors (Lipinski definition) is 1. The lowest BCUT2D eigenvalue weighted by atomic mass is 9.97. The van der Waals surface area contributed by atoms with Crippen molar-refractivity contribution in [3.63, 3.8) is 0 Å². The molecule has 1 aliphatic rings. The molecule has 1 N–H and O–H groups in total. The Balaban J connectivity index is 2.52. The number of phenolic OH excluding ortho intramolecular Hbond substituents is 1. The Hall–Kier alpha value is -0.930. The molecule has 0 saturated heterocycles. The molecule has 1 aliphatic heterocycles. The first kappa shape index (κ1) is 12.5. The molecule has 94 valence electrons. The summed E-state index contributed by atoms with van der Waals surface area (Å²) < 4.78 is 11.0. The van der Waals surface area contributed by atoms with Crippen LogP contribution >= 0.6 is 11.6 Å². The maximum absolute atomic E-state index is 9.78. The van der Waals surface area contributed by atoms with E-state index in [1.54, 1.807) is 13.2 Å². The van der Waals surface area contributed by atoms with Crippen molar-refractivity contribution >= 4 is 11.6 Å². The SMILES string of the molecule is COc1c(O)ccc2c1CCCOC2C(C)Cl. The van der Waals surface area contributed by atoms with Gasteiger partial charge < -0.3 is 14.6 Å². The van der Waals surface area contributed by atoms with Crippen molar-refractivity contribution in [2.45, 2.75) is 31.2 Å². The average Bonchev–Trinajstić information content (AvgIpc) is 2.51. The lowest BCUT2D eigenvalue weighted by molar-refractivity contribution is 0.0565. The second-order valence-electron chi connectivity index (χ2n) is 4.26. The van der Waals surface area contributed by atoms with Crippen molar-refractivity contribution in [1.82, 2.24) is 0 Å². The lowest BCUT2D eigenvalue weighted by Gasteiger charge is -2.21. The number of aromatic hydroxyl groups is 1. The predicted octanol–water partition coefficient (Wildman–Crippen LogP) is 3.03. The second kappa shape index (κ2) is 5.15. The van der Waals surface area contributed by atoms with Crippen molar-refractivity contribution in [3.05, 3.63) is 23.3 Å². The highest BCUT2D eigenvalue weighted by molar-refractivity contribution is 6.20. The largest absolute Gasteiger partial charge is 0.504 e. The minimum atomic E-state index is -0.135. The van der Waals surface area contributed by atoms with Crippen LogP contribution in [0.2, 0.25) is 0 Å². The molecule has 4 heteroatoms. The number of hydrogen-bond acceptors (Lipinski definition) is 3. The molecule has 0 fully saturated rings. The zero-order valence-corrected chi connectivity index (χ0v) is 10.8. The molecule has 2 atom stereocenters. The number of ether oxygens (including phenoxy) is 2. The highest BCUT2D eigenvalue weighted by atomic mass is 35.5. The summed E-state index contributed by atoms with van der Waals surface area (Å²) in [6.45, 7) is 2.60. The van der Waals surface area contributed by atoms with E-state index in [2.05, 4.69) is 0 Å². The second-order valence-corrected chi connectivity index (χ2v) is 4.95. The summed E-state index contributed by atoms with van der Waals surface area (Å²) in [5.74, 6) is 0.726.